The third kappa shape index (κ3) is 6.68. The molecule has 0 saturated carbocycles. The number of amidine groups is 1. The zero-order valence-corrected chi connectivity index (χ0v) is 9.23. The minimum Gasteiger partial charge on any atom is -0.480 e. The van der Waals surface area contributed by atoms with E-state index in [0.717, 1.165) is 0 Å². The van der Waals surface area contributed by atoms with Crippen LogP contribution in [0.3, 0.4) is 0 Å². The molecule has 0 heterocycles. The van der Waals surface area contributed by atoms with E-state index in [2.05, 4.69) is 4.99 Å². The van der Waals surface area contributed by atoms with Crippen LogP contribution in [0.4, 0.5) is 0 Å². The van der Waals surface area contributed by atoms with E-state index in [1.807, 2.05) is 12.2 Å². The van der Waals surface area contributed by atoms with Crippen LogP contribution in [0.5, 0.6) is 0 Å². The number of hydrogen-bond acceptors (Lipinski definition) is 3. The summed E-state index contributed by atoms with van der Waals surface area (Å²) < 4.78 is 0. The molecule has 0 rings (SSSR count). The number of hydrogen-bond donors (Lipinski definition) is 3. The third-order valence-electron chi connectivity index (χ3n) is 1.93. The molecule has 0 bridgehead atoms. The van der Waals surface area contributed by atoms with Crippen LogP contribution in [-0.4, -0.2) is 29.0 Å². The second kappa shape index (κ2) is 6.19. The van der Waals surface area contributed by atoms with Gasteiger partial charge in [-0.25, -0.2) is 0 Å². The van der Waals surface area contributed by atoms with E-state index in [9.17, 15) is 4.79 Å². The number of aliphatic carboxylic acids is 1. The third-order valence-corrected chi connectivity index (χ3v) is 1.93. The topological polar surface area (TPSA) is 102 Å². The molecule has 0 fully saturated rings. The Balaban J connectivity index is 3.80. The molecule has 15 heavy (non-hydrogen) atoms. The summed E-state index contributed by atoms with van der Waals surface area (Å²) in [7, 11) is 0. The molecule has 0 aromatic heterocycles. The standard InChI is InChI=1S/C10H19N3O2/c1-8(11)13-7-5-3-4-6-10(2,12)9(14)15/h3,5H,4,6-7,12H2,1-2H3,(H2,11,13)(H,14,15)/b5-3-. The van der Waals surface area contributed by atoms with Crippen LogP contribution in [0.15, 0.2) is 17.1 Å². The first-order chi connectivity index (χ1) is 6.86. The number of nitrogens with zero attached hydrogens (tertiary/aromatic N) is 1. The SMILES string of the molecule is CC(N)=NC/C=C\CCC(C)(N)C(=O)O. The number of aliphatic imine (C=N–C) groups is 1. The Kier molecular flexibility index (Phi) is 5.62. The maximum atomic E-state index is 10.6. The van der Waals surface area contributed by atoms with E-state index in [0.29, 0.717) is 25.2 Å². The van der Waals surface area contributed by atoms with Crippen LogP contribution in [0.25, 0.3) is 0 Å². The molecule has 0 aliphatic rings. The minimum absolute atomic E-state index is 0.407. The summed E-state index contributed by atoms with van der Waals surface area (Å²) in [6.07, 6.45) is 4.73. The van der Waals surface area contributed by atoms with Gasteiger partial charge in [-0.1, -0.05) is 12.2 Å². The molecule has 1 unspecified atom stereocenters. The van der Waals surface area contributed by atoms with Crippen LogP contribution >= 0.6 is 0 Å². The lowest BCUT2D eigenvalue weighted by Gasteiger charge is -2.17. The van der Waals surface area contributed by atoms with Gasteiger partial charge in [-0.05, 0) is 26.7 Å². The first kappa shape index (κ1) is 13.6. The van der Waals surface area contributed by atoms with Crippen molar-refractivity contribution in [3.05, 3.63) is 12.2 Å². The Morgan fingerprint density at radius 1 is 1.53 bits per heavy atom. The maximum Gasteiger partial charge on any atom is 0.323 e. The van der Waals surface area contributed by atoms with Crippen molar-refractivity contribution in [2.45, 2.75) is 32.2 Å². The number of carboxylic acids is 1. The fraction of sp³-hybridized carbons (Fsp3) is 0.600. The molecular formula is C10H19N3O2. The second-order valence-electron chi connectivity index (χ2n) is 3.71. The summed E-state index contributed by atoms with van der Waals surface area (Å²) in [5, 5.41) is 8.73. The van der Waals surface area contributed by atoms with Gasteiger partial charge >= 0.3 is 5.97 Å². The van der Waals surface area contributed by atoms with Gasteiger partial charge in [0, 0.05) is 0 Å². The molecule has 5 N–H and O–H groups in total. The van der Waals surface area contributed by atoms with Crippen LogP contribution in [-0.2, 0) is 4.79 Å². The van der Waals surface area contributed by atoms with E-state index in [1.54, 1.807) is 6.92 Å². The van der Waals surface area contributed by atoms with Gasteiger partial charge in [-0.15, -0.1) is 0 Å². The second-order valence-corrected chi connectivity index (χ2v) is 3.71. The van der Waals surface area contributed by atoms with E-state index < -0.39 is 11.5 Å². The Labute approximate surface area is 89.9 Å². The zero-order valence-electron chi connectivity index (χ0n) is 9.23. The van der Waals surface area contributed by atoms with Gasteiger partial charge in [0.1, 0.15) is 5.54 Å². The van der Waals surface area contributed by atoms with Crippen molar-refractivity contribution >= 4 is 11.8 Å². The van der Waals surface area contributed by atoms with Gasteiger partial charge in [0.15, 0.2) is 0 Å². The average molecular weight is 213 g/mol. The lowest BCUT2D eigenvalue weighted by atomic mass is 9.97. The first-order valence-corrected chi connectivity index (χ1v) is 4.80. The van der Waals surface area contributed by atoms with Crippen molar-refractivity contribution in [2.75, 3.05) is 6.54 Å². The quantitative estimate of drug-likeness (QED) is 0.339. The normalized spacial score (nSPS) is 16.6. The summed E-state index contributed by atoms with van der Waals surface area (Å²) in [5.41, 5.74) is 9.72. The highest BCUT2D eigenvalue weighted by atomic mass is 16.4. The number of nitrogens with two attached hydrogens (primary N) is 2. The lowest BCUT2D eigenvalue weighted by molar-refractivity contribution is -0.142. The van der Waals surface area contributed by atoms with Gasteiger partial charge in [0.2, 0.25) is 0 Å². The van der Waals surface area contributed by atoms with Gasteiger partial charge < -0.3 is 16.6 Å². The van der Waals surface area contributed by atoms with Crippen LogP contribution in [0, 0.1) is 0 Å². The largest absolute Gasteiger partial charge is 0.480 e. The monoisotopic (exact) mass is 213 g/mol. The number of allylic oxidation sites excluding steroid dienone is 1. The smallest absolute Gasteiger partial charge is 0.323 e. The molecule has 1 atom stereocenters. The Bertz CT molecular complexity index is 266. The summed E-state index contributed by atoms with van der Waals surface area (Å²) >= 11 is 0. The number of carbonyl (C=O) groups is 1. The maximum absolute atomic E-state index is 10.6. The molecule has 0 aromatic carbocycles. The Morgan fingerprint density at radius 3 is 2.60 bits per heavy atom. The molecule has 0 amide bonds. The van der Waals surface area contributed by atoms with E-state index >= 15 is 0 Å². The molecule has 0 saturated heterocycles. The molecule has 0 aromatic rings. The van der Waals surface area contributed by atoms with Gasteiger partial charge in [0.05, 0.1) is 12.4 Å². The van der Waals surface area contributed by atoms with Crippen molar-refractivity contribution in [1.29, 1.82) is 0 Å². The summed E-state index contributed by atoms with van der Waals surface area (Å²) in [6, 6.07) is 0. The fourth-order valence-electron chi connectivity index (χ4n) is 0.879. The van der Waals surface area contributed by atoms with Gasteiger partial charge in [-0.2, -0.15) is 0 Å². The van der Waals surface area contributed by atoms with Crippen LogP contribution in [0.2, 0.25) is 0 Å². The fourth-order valence-corrected chi connectivity index (χ4v) is 0.879. The zero-order chi connectivity index (χ0) is 11.9. The molecule has 0 spiro atoms. The molecule has 0 radical (unpaired) electrons. The summed E-state index contributed by atoms with van der Waals surface area (Å²) in [4.78, 5) is 14.6. The molecule has 86 valence electrons. The number of rotatable bonds is 6. The van der Waals surface area contributed by atoms with E-state index in [-0.39, 0.29) is 0 Å². The van der Waals surface area contributed by atoms with E-state index in [4.69, 9.17) is 16.6 Å². The molecular weight excluding hydrogens is 194 g/mol. The van der Waals surface area contributed by atoms with Gasteiger partial charge in [-0.3, -0.25) is 9.79 Å². The predicted octanol–water partition coefficient (Wildman–Crippen LogP) is 0.502. The highest BCUT2D eigenvalue weighted by molar-refractivity contribution is 5.78. The molecule has 0 aliphatic carbocycles. The highest BCUT2D eigenvalue weighted by Crippen LogP contribution is 2.09. The lowest BCUT2D eigenvalue weighted by Crippen LogP contribution is -2.44. The Morgan fingerprint density at radius 2 is 2.13 bits per heavy atom. The van der Waals surface area contributed by atoms with Crippen molar-refractivity contribution in [1.82, 2.24) is 0 Å². The summed E-state index contributed by atoms with van der Waals surface area (Å²) in [5.74, 6) is -0.444. The van der Waals surface area contributed by atoms with Gasteiger partial charge in [0.25, 0.3) is 0 Å². The molecule has 0 aliphatic heterocycles. The molecule has 5 heteroatoms. The van der Waals surface area contributed by atoms with Crippen molar-refractivity contribution < 1.29 is 9.90 Å². The minimum atomic E-state index is -1.16. The van der Waals surface area contributed by atoms with Crippen molar-refractivity contribution in [3.63, 3.8) is 0 Å². The molecule has 5 nitrogen and oxygen atoms in total. The number of carboxylic acid groups (broad SMARTS) is 1. The van der Waals surface area contributed by atoms with Crippen molar-refractivity contribution in [2.24, 2.45) is 16.5 Å². The summed E-state index contributed by atoms with van der Waals surface area (Å²) in [6.45, 7) is 3.75. The van der Waals surface area contributed by atoms with Crippen molar-refractivity contribution in [3.8, 4) is 0 Å². The first-order valence-electron chi connectivity index (χ1n) is 4.80. The van der Waals surface area contributed by atoms with E-state index in [1.165, 1.54) is 6.92 Å². The van der Waals surface area contributed by atoms with Crippen LogP contribution in [0.1, 0.15) is 26.7 Å². The predicted molar refractivity (Wildman–Crippen MR) is 60.8 cm³/mol. The van der Waals surface area contributed by atoms with Crippen LogP contribution < -0.4 is 11.5 Å². The average Bonchev–Trinajstić information content (AvgIpc) is 2.10. The highest BCUT2D eigenvalue weighted by Gasteiger charge is 2.26. The Hall–Kier alpha value is -1.36.